The summed E-state index contributed by atoms with van der Waals surface area (Å²) >= 11 is 0. The Morgan fingerprint density at radius 3 is 2.55 bits per heavy atom. The Hall–Kier alpha value is -1.59. The number of fused-ring (bicyclic) bond motifs is 1. The zero-order valence-corrected chi connectivity index (χ0v) is 11.4. The van der Waals surface area contributed by atoms with Crippen LogP contribution in [0.1, 0.15) is 23.6 Å². The molecule has 0 spiro atoms. The standard InChI is InChI=1S/C15H20N2O3/c18-13-6-5-11-3-1-2-4-12(11)14(13)16-7-9-17(10-8-16)15(19)20/h1-4,13-14,18H,5-10H2,(H,19,20)/t13-,14-/m0/s1. The van der Waals surface area contributed by atoms with Crippen LogP contribution >= 0.6 is 0 Å². The quantitative estimate of drug-likeness (QED) is 0.812. The number of hydrogen-bond acceptors (Lipinski definition) is 3. The zero-order chi connectivity index (χ0) is 14.1. The van der Waals surface area contributed by atoms with Crippen molar-refractivity contribution in [3.8, 4) is 0 Å². The highest BCUT2D eigenvalue weighted by atomic mass is 16.4. The summed E-state index contributed by atoms with van der Waals surface area (Å²) in [5.74, 6) is 0. The van der Waals surface area contributed by atoms with Crippen molar-refractivity contribution in [3.63, 3.8) is 0 Å². The van der Waals surface area contributed by atoms with Crippen molar-refractivity contribution in [2.24, 2.45) is 0 Å². The first-order valence-electron chi connectivity index (χ1n) is 7.14. The minimum Gasteiger partial charge on any atom is -0.465 e. The van der Waals surface area contributed by atoms with Gasteiger partial charge in [-0.25, -0.2) is 4.79 Å². The molecule has 1 aliphatic heterocycles. The molecule has 5 nitrogen and oxygen atoms in total. The maximum absolute atomic E-state index is 11.0. The average molecular weight is 276 g/mol. The largest absolute Gasteiger partial charge is 0.465 e. The van der Waals surface area contributed by atoms with Gasteiger partial charge < -0.3 is 15.1 Å². The number of rotatable bonds is 1. The van der Waals surface area contributed by atoms with Gasteiger partial charge in [0.25, 0.3) is 0 Å². The molecule has 1 aliphatic carbocycles. The Morgan fingerprint density at radius 2 is 1.85 bits per heavy atom. The van der Waals surface area contributed by atoms with E-state index in [1.807, 2.05) is 12.1 Å². The summed E-state index contributed by atoms with van der Waals surface area (Å²) in [5.41, 5.74) is 2.51. The van der Waals surface area contributed by atoms with Crippen LogP contribution in [0.15, 0.2) is 24.3 Å². The fourth-order valence-electron chi connectivity index (χ4n) is 3.35. The van der Waals surface area contributed by atoms with Gasteiger partial charge in [0.15, 0.2) is 0 Å². The summed E-state index contributed by atoms with van der Waals surface area (Å²) in [5, 5.41) is 19.4. The third-order valence-electron chi connectivity index (χ3n) is 4.43. The lowest BCUT2D eigenvalue weighted by atomic mass is 9.84. The summed E-state index contributed by atoms with van der Waals surface area (Å²) in [4.78, 5) is 14.6. The molecule has 1 saturated heterocycles. The van der Waals surface area contributed by atoms with Crippen molar-refractivity contribution in [2.75, 3.05) is 26.2 Å². The van der Waals surface area contributed by atoms with Crippen LogP contribution in [0.2, 0.25) is 0 Å². The van der Waals surface area contributed by atoms with Crippen molar-refractivity contribution >= 4 is 6.09 Å². The summed E-state index contributed by atoms with van der Waals surface area (Å²) in [6, 6.07) is 8.27. The van der Waals surface area contributed by atoms with Crippen molar-refractivity contribution < 1.29 is 15.0 Å². The van der Waals surface area contributed by atoms with E-state index in [-0.39, 0.29) is 12.1 Å². The van der Waals surface area contributed by atoms with Crippen molar-refractivity contribution in [2.45, 2.75) is 25.0 Å². The molecule has 0 radical (unpaired) electrons. The van der Waals surface area contributed by atoms with Gasteiger partial charge in [-0.2, -0.15) is 0 Å². The molecular formula is C15H20N2O3. The molecule has 108 valence electrons. The molecule has 1 aromatic rings. The van der Waals surface area contributed by atoms with Crippen LogP contribution in [0.4, 0.5) is 4.79 Å². The molecule has 2 N–H and O–H groups in total. The van der Waals surface area contributed by atoms with Crippen molar-refractivity contribution in [1.82, 2.24) is 9.80 Å². The van der Waals surface area contributed by atoms with Crippen LogP contribution in [0.3, 0.4) is 0 Å². The Kier molecular flexibility index (Phi) is 3.63. The molecule has 3 rings (SSSR count). The Bertz CT molecular complexity index is 498. The van der Waals surface area contributed by atoms with Crippen LogP contribution in [0, 0.1) is 0 Å². The molecule has 0 bridgehead atoms. The Labute approximate surface area is 118 Å². The number of nitrogens with zero attached hydrogens (tertiary/aromatic N) is 2. The van der Waals surface area contributed by atoms with E-state index >= 15 is 0 Å². The van der Waals surface area contributed by atoms with Crippen molar-refractivity contribution in [1.29, 1.82) is 0 Å². The number of aryl methyl sites for hydroxylation is 1. The zero-order valence-electron chi connectivity index (χ0n) is 11.4. The number of amides is 1. The number of aliphatic hydroxyl groups excluding tert-OH is 1. The number of carboxylic acid groups (broad SMARTS) is 1. The predicted molar refractivity (Wildman–Crippen MR) is 74.7 cm³/mol. The second-order valence-corrected chi connectivity index (χ2v) is 5.56. The molecule has 0 saturated carbocycles. The number of piperazine rings is 1. The first-order chi connectivity index (χ1) is 9.66. The molecule has 1 amide bonds. The van der Waals surface area contributed by atoms with Crippen LogP contribution in [-0.4, -0.2) is 58.4 Å². The van der Waals surface area contributed by atoms with E-state index in [2.05, 4.69) is 17.0 Å². The lowest BCUT2D eigenvalue weighted by Crippen LogP contribution is -2.52. The van der Waals surface area contributed by atoms with Gasteiger partial charge in [-0.15, -0.1) is 0 Å². The highest BCUT2D eigenvalue weighted by Crippen LogP contribution is 2.34. The molecule has 0 aromatic heterocycles. The van der Waals surface area contributed by atoms with Gasteiger partial charge in [0.1, 0.15) is 0 Å². The van der Waals surface area contributed by atoms with Gasteiger partial charge in [0, 0.05) is 26.2 Å². The maximum Gasteiger partial charge on any atom is 0.407 e. The van der Waals surface area contributed by atoms with Crippen LogP contribution in [0.5, 0.6) is 0 Å². The van der Waals surface area contributed by atoms with E-state index < -0.39 is 6.09 Å². The molecule has 2 atom stereocenters. The van der Waals surface area contributed by atoms with E-state index in [1.165, 1.54) is 16.0 Å². The van der Waals surface area contributed by atoms with Gasteiger partial charge in [0.05, 0.1) is 12.1 Å². The molecular weight excluding hydrogens is 256 g/mol. The van der Waals surface area contributed by atoms with E-state index in [0.29, 0.717) is 26.2 Å². The molecule has 5 heteroatoms. The predicted octanol–water partition coefficient (Wildman–Crippen LogP) is 1.33. The number of hydrogen-bond donors (Lipinski definition) is 2. The maximum atomic E-state index is 11.0. The molecule has 2 aliphatic rings. The highest BCUT2D eigenvalue weighted by Gasteiger charge is 2.34. The van der Waals surface area contributed by atoms with Gasteiger partial charge in [-0.3, -0.25) is 4.90 Å². The third kappa shape index (κ3) is 2.39. The minimum atomic E-state index is -0.853. The minimum absolute atomic E-state index is 0.0101. The molecule has 1 aromatic carbocycles. The average Bonchev–Trinajstić information content (AvgIpc) is 2.47. The fraction of sp³-hybridized carbons (Fsp3) is 0.533. The molecule has 0 unspecified atom stereocenters. The van der Waals surface area contributed by atoms with Crippen LogP contribution in [-0.2, 0) is 6.42 Å². The summed E-state index contributed by atoms with van der Waals surface area (Å²) in [6.07, 6.45) is 0.486. The lowest BCUT2D eigenvalue weighted by Gasteiger charge is -2.42. The van der Waals surface area contributed by atoms with Crippen LogP contribution < -0.4 is 0 Å². The molecule has 1 fully saturated rings. The van der Waals surface area contributed by atoms with Crippen molar-refractivity contribution in [3.05, 3.63) is 35.4 Å². The number of benzene rings is 1. The molecule has 1 heterocycles. The first-order valence-corrected chi connectivity index (χ1v) is 7.14. The first kappa shape index (κ1) is 13.4. The van der Waals surface area contributed by atoms with E-state index in [4.69, 9.17) is 5.11 Å². The highest BCUT2D eigenvalue weighted by molar-refractivity contribution is 5.65. The Morgan fingerprint density at radius 1 is 1.15 bits per heavy atom. The smallest absolute Gasteiger partial charge is 0.407 e. The van der Waals surface area contributed by atoms with Gasteiger partial charge >= 0.3 is 6.09 Å². The summed E-state index contributed by atoms with van der Waals surface area (Å²) < 4.78 is 0. The van der Waals surface area contributed by atoms with Gasteiger partial charge in [0.2, 0.25) is 0 Å². The lowest BCUT2D eigenvalue weighted by molar-refractivity contribution is 0.0107. The van der Waals surface area contributed by atoms with E-state index in [1.54, 1.807) is 0 Å². The van der Waals surface area contributed by atoms with E-state index in [9.17, 15) is 9.90 Å². The second-order valence-electron chi connectivity index (χ2n) is 5.56. The van der Waals surface area contributed by atoms with Gasteiger partial charge in [-0.1, -0.05) is 24.3 Å². The van der Waals surface area contributed by atoms with E-state index in [0.717, 1.165) is 12.8 Å². The number of carbonyl (C=O) groups is 1. The van der Waals surface area contributed by atoms with Crippen LogP contribution in [0.25, 0.3) is 0 Å². The fourth-order valence-corrected chi connectivity index (χ4v) is 3.35. The summed E-state index contributed by atoms with van der Waals surface area (Å²) in [7, 11) is 0. The second kappa shape index (κ2) is 5.42. The van der Waals surface area contributed by atoms with Gasteiger partial charge in [-0.05, 0) is 24.0 Å². The normalized spacial score (nSPS) is 27.1. The number of aliphatic hydroxyl groups is 1. The summed E-state index contributed by atoms with van der Waals surface area (Å²) in [6.45, 7) is 2.40. The molecule has 20 heavy (non-hydrogen) atoms. The Balaban J connectivity index is 1.79. The topological polar surface area (TPSA) is 64.0 Å². The third-order valence-corrected chi connectivity index (χ3v) is 4.43. The SMILES string of the molecule is O=C(O)N1CCN([C@H]2c3ccccc3CC[C@@H]2O)CC1. The monoisotopic (exact) mass is 276 g/mol.